The normalized spacial score (nSPS) is 25.1. The van der Waals surface area contributed by atoms with Crippen LogP contribution in [0, 0.1) is 5.82 Å². The van der Waals surface area contributed by atoms with Gasteiger partial charge < -0.3 is 10.5 Å². The van der Waals surface area contributed by atoms with Gasteiger partial charge in [-0.2, -0.15) is 23.5 Å². The van der Waals surface area contributed by atoms with Gasteiger partial charge in [0.1, 0.15) is 11.6 Å². The molecule has 19 heavy (non-hydrogen) atoms. The number of methoxy groups -OCH3 is 1. The van der Waals surface area contributed by atoms with Gasteiger partial charge in [0.2, 0.25) is 0 Å². The van der Waals surface area contributed by atoms with Crippen LogP contribution < -0.4 is 10.5 Å². The second-order valence-electron chi connectivity index (χ2n) is 4.57. The summed E-state index contributed by atoms with van der Waals surface area (Å²) in [6.07, 6.45) is 1.08. The van der Waals surface area contributed by atoms with Crippen LogP contribution in [0.4, 0.5) is 4.39 Å². The van der Waals surface area contributed by atoms with Crippen molar-refractivity contribution in [2.45, 2.75) is 29.9 Å². The highest BCUT2D eigenvalue weighted by atomic mass is 32.2. The van der Waals surface area contributed by atoms with Crippen LogP contribution in [0.15, 0.2) is 18.2 Å². The first kappa shape index (κ1) is 15.0. The molecule has 1 saturated heterocycles. The lowest BCUT2D eigenvalue weighted by Crippen LogP contribution is -2.36. The molecular formula is C14H20FNOS2. The van der Waals surface area contributed by atoms with Gasteiger partial charge in [-0.25, -0.2) is 4.39 Å². The molecule has 1 aliphatic rings. The minimum absolute atomic E-state index is 0.256. The summed E-state index contributed by atoms with van der Waals surface area (Å²) >= 11 is 3.83. The molecule has 1 heterocycles. The van der Waals surface area contributed by atoms with E-state index >= 15 is 0 Å². The van der Waals surface area contributed by atoms with Crippen molar-refractivity contribution in [2.75, 3.05) is 18.6 Å². The molecule has 0 aromatic heterocycles. The summed E-state index contributed by atoms with van der Waals surface area (Å²) in [6, 6.07) is 4.69. The number of ether oxygens (including phenoxy) is 1. The fourth-order valence-corrected chi connectivity index (χ4v) is 5.52. The maximum Gasteiger partial charge on any atom is 0.131 e. The molecule has 1 aliphatic heterocycles. The van der Waals surface area contributed by atoms with Crippen molar-refractivity contribution in [3.63, 3.8) is 0 Å². The second-order valence-corrected chi connectivity index (χ2v) is 7.20. The molecule has 3 unspecified atom stereocenters. The van der Waals surface area contributed by atoms with Crippen LogP contribution in [-0.2, 0) is 0 Å². The molecule has 5 heteroatoms. The van der Waals surface area contributed by atoms with Gasteiger partial charge in [-0.15, -0.1) is 0 Å². The maximum absolute atomic E-state index is 14.1. The van der Waals surface area contributed by atoms with Gasteiger partial charge in [0, 0.05) is 39.7 Å². The Bertz CT molecular complexity index is 430. The van der Waals surface area contributed by atoms with Crippen LogP contribution >= 0.6 is 23.5 Å². The topological polar surface area (TPSA) is 35.2 Å². The largest absolute Gasteiger partial charge is 0.497 e. The average molecular weight is 301 g/mol. The lowest BCUT2D eigenvalue weighted by atomic mass is 10.0. The van der Waals surface area contributed by atoms with Crippen molar-refractivity contribution in [2.24, 2.45) is 5.73 Å². The number of hydrogen-bond acceptors (Lipinski definition) is 4. The number of rotatable bonds is 4. The highest BCUT2D eigenvalue weighted by Crippen LogP contribution is 2.40. The fraction of sp³-hybridized carbons (Fsp3) is 0.571. The number of nitrogens with two attached hydrogens (primary N) is 1. The standard InChI is InChI=1S/C14H20FNOS2/c1-3-12-14(19-7-6-18-12)13(16)10-5-4-9(17-2)8-11(10)15/h4-5,8,12-14H,3,6-7,16H2,1-2H3. The molecule has 2 rings (SSSR count). The van der Waals surface area contributed by atoms with Crippen LogP contribution in [0.25, 0.3) is 0 Å². The first-order valence-electron chi connectivity index (χ1n) is 6.49. The van der Waals surface area contributed by atoms with Gasteiger partial charge in [-0.05, 0) is 12.5 Å². The minimum Gasteiger partial charge on any atom is -0.497 e. The fourth-order valence-electron chi connectivity index (χ4n) is 2.35. The third-order valence-electron chi connectivity index (χ3n) is 3.42. The Morgan fingerprint density at radius 1 is 1.42 bits per heavy atom. The summed E-state index contributed by atoms with van der Waals surface area (Å²) in [5, 5.41) is 0.793. The van der Waals surface area contributed by atoms with Crippen LogP contribution in [0.2, 0.25) is 0 Å². The first-order chi connectivity index (χ1) is 9.17. The molecule has 2 N–H and O–H groups in total. The van der Waals surface area contributed by atoms with Crippen LogP contribution in [-0.4, -0.2) is 29.1 Å². The van der Waals surface area contributed by atoms with E-state index in [9.17, 15) is 4.39 Å². The Morgan fingerprint density at radius 3 is 2.79 bits per heavy atom. The van der Waals surface area contributed by atoms with E-state index < -0.39 is 0 Å². The van der Waals surface area contributed by atoms with Crippen molar-refractivity contribution in [3.05, 3.63) is 29.6 Å². The van der Waals surface area contributed by atoms with Gasteiger partial charge in [-0.1, -0.05) is 13.0 Å². The van der Waals surface area contributed by atoms with E-state index in [4.69, 9.17) is 10.5 Å². The number of halogens is 1. The first-order valence-corrected chi connectivity index (χ1v) is 8.59. The number of benzene rings is 1. The number of hydrogen-bond donors (Lipinski definition) is 1. The van der Waals surface area contributed by atoms with Crippen LogP contribution in [0.3, 0.4) is 0 Å². The van der Waals surface area contributed by atoms with E-state index in [0.717, 1.165) is 17.9 Å². The molecule has 0 spiro atoms. The van der Waals surface area contributed by atoms with Crippen molar-refractivity contribution >= 4 is 23.5 Å². The Morgan fingerprint density at radius 2 is 2.16 bits per heavy atom. The van der Waals surface area contributed by atoms with E-state index in [1.807, 2.05) is 23.5 Å². The lowest BCUT2D eigenvalue weighted by molar-refractivity contribution is 0.410. The molecule has 106 valence electrons. The summed E-state index contributed by atoms with van der Waals surface area (Å²) in [6.45, 7) is 2.17. The van der Waals surface area contributed by atoms with Crippen molar-refractivity contribution in [1.29, 1.82) is 0 Å². The predicted octanol–water partition coefficient (Wildman–Crippen LogP) is 3.46. The molecule has 1 fully saturated rings. The Balaban J connectivity index is 2.20. The SMILES string of the molecule is CCC1SCCSC1C(N)c1ccc(OC)cc1F. The third-order valence-corrected chi connectivity index (χ3v) is 6.79. The van der Waals surface area contributed by atoms with E-state index in [1.165, 1.54) is 13.2 Å². The smallest absolute Gasteiger partial charge is 0.131 e. The molecule has 0 bridgehead atoms. The third kappa shape index (κ3) is 3.38. The molecule has 0 saturated carbocycles. The molecule has 3 atom stereocenters. The molecule has 1 aromatic rings. The zero-order chi connectivity index (χ0) is 13.8. The van der Waals surface area contributed by atoms with Crippen LogP contribution in [0.1, 0.15) is 24.9 Å². The molecule has 1 aromatic carbocycles. The summed E-state index contributed by atoms with van der Waals surface area (Å²) < 4.78 is 19.1. The monoisotopic (exact) mass is 301 g/mol. The van der Waals surface area contributed by atoms with Gasteiger partial charge in [0.05, 0.1) is 7.11 Å². The number of thioether (sulfide) groups is 2. The van der Waals surface area contributed by atoms with Gasteiger partial charge in [0.15, 0.2) is 0 Å². The van der Waals surface area contributed by atoms with E-state index in [1.54, 1.807) is 12.1 Å². The zero-order valence-electron chi connectivity index (χ0n) is 11.3. The Hall–Kier alpha value is -0.390. The van der Waals surface area contributed by atoms with Gasteiger partial charge >= 0.3 is 0 Å². The van der Waals surface area contributed by atoms with Crippen molar-refractivity contribution in [1.82, 2.24) is 0 Å². The summed E-state index contributed by atoms with van der Waals surface area (Å²) in [4.78, 5) is 0. The summed E-state index contributed by atoms with van der Waals surface area (Å²) in [7, 11) is 1.54. The highest BCUT2D eigenvalue weighted by molar-refractivity contribution is 8.07. The van der Waals surface area contributed by atoms with Crippen molar-refractivity contribution in [3.8, 4) is 5.75 Å². The molecule has 0 amide bonds. The maximum atomic E-state index is 14.1. The van der Waals surface area contributed by atoms with E-state index in [0.29, 0.717) is 16.6 Å². The van der Waals surface area contributed by atoms with E-state index in [-0.39, 0.29) is 17.1 Å². The van der Waals surface area contributed by atoms with E-state index in [2.05, 4.69) is 6.92 Å². The summed E-state index contributed by atoms with van der Waals surface area (Å²) in [5.41, 5.74) is 6.91. The molecular weight excluding hydrogens is 281 g/mol. The molecule has 0 aliphatic carbocycles. The quantitative estimate of drug-likeness (QED) is 0.924. The van der Waals surface area contributed by atoms with Crippen molar-refractivity contribution < 1.29 is 9.13 Å². The van der Waals surface area contributed by atoms with Gasteiger partial charge in [0.25, 0.3) is 0 Å². The predicted molar refractivity (Wildman–Crippen MR) is 82.7 cm³/mol. The van der Waals surface area contributed by atoms with Crippen LogP contribution in [0.5, 0.6) is 5.75 Å². The molecule has 2 nitrogen and oxygen atoms in total. The second kappa shape index (κ2) is 6.86. The average Bonchev–Trinajstić information content (AvgIpc) is 2.46. The zero-order valence-corrected chi connectivity index (χ0v) is 12.9. The molecule has 0 radical (unpaired) electrons. The Kier molecular flexibility index (Phi) is 5.42. The highest BCUT2D eigenvalue weighted by Gasteiger charge is 2.32. The lowest BCUT2D eigenvalue weighted by Gasteiger charge is -2.34. The summed E-state index contributed by atoms with van der Waals surface area (Å²) in [5.74, 6) is 2.53. The van der Waals surface area contributed by atoms with Gasteiger partial charge in [-0.3, -0.25) is 0 Å². The minimum atomic E-state index is -0.266. The Labute approximate surface area is 122 Å².